The number of carboxylic acids is 1. The van der Waals surface area contributed by atoms with Crippen LogP contribution in [0, 0.1) is 5.92 Å². The SMILES string of the molecule is CC1CN(CC(=O)O)CCC1=O. The standard InChI is InChI=1S/C8H13NO3/c1-6-4-9(5-8(11)12)3-2-7(6)10/h6H,2-5H2,1H3,(H,11,12). The van der Waals surface area contributed by atoms with Gasteiger partial charge in [0.1, 0.15) is 5.78 Å². The fraction of sp³-hybridized carbons (Fsp3) is 0.750. The Bertz CT molecular complexity index is 202. The number of Topliss-reactive ketones (excluding diaryl/α,β-unsaturated/α-hetero) is 1. The molecule has 1 rings (SSSR count). The van der Waals surface area contributed by atoms with Gasteiger partial charge in [0.15, 0.2) is 0 Å². The summed E-state index contributed by atoms with van der Waals surface area (Å²) in [4.78, 5) is 23.2. The molecule has 0 aromatic rings. The Hall–Kier alpha value is -0.900. The van der Waals surface area contributed by atoms with Crippen molar-refractivity contribution in [3.63, 3.8) is 0 Å². The highest BCUT2D eigenvalue weighted by Crippen LogP contribution is 2.11. The molecule has 0 saturated carbocycles. The lowest BCUT2D eigenvalue weighted by molar-refractivity contribution is -0.140. The fourth-order valence-electron chi connectivity index (χ4n) is 1.43. The van der Waals surface area contributed by atoms with E-state index in [1.807, 2.05) is 6.92 Å². The van der Waals surface area contributed by atoms with Gasteiger partial charge in [0.05, 0.1) is 6.54 Å². The number of carbonyl (C=O) groups excluding carboxylic acids is 1. The second-order valence-electron chi connectivity index (χ2n) is 3.25. The van der Waals surface area contributed by atoms with E-state index < -0.39 is 5.97 Å². The lowest BCUT2D eigenvalue weighted by Crippen LogP contribution is -2.42. The molecular weight excluding hydrogens is 158 g/mol. The highest BCUT2D eigenvalue weighted by molar-refractivity contribution is 5.82. The summed E-state index contributed by atoms with van der Waals surface area (Å²) in [7, 11) is 0. The first kappa shape index (κ1) is 9.19. The van der Waals surface area contributed by atoms with E-state index in [4.69, 9.17) is 5.11 Å². The minimum absolute atomic E-state index is 0.00176. The van der Waals surface area contributed by atoms with Crippen molar-refractivity contribution in [3.05, 3.63) is 0 Å². The molecule has 1 heterocycles. The molecule has 12 heavy (non-hydrogen) atoms. The van der Waals surface area contributed by atoms with Crippen LogP contribution in [0.25, 0.3) is 0 Å². The third-order valence-corrected chi connectivity index (χ3v) is 2.12. The molecule has 1 unspecified atom stereocenters. The van der Waals surface area contributed by atoms with Crippen molar-refractivity contribution in [1.82, 2.24) is 4.90 Å². The highest BCUT2D eigenvalue weighted by Gasteiger charge is 2.24. The maximum Gasteiger partial charge on any atom is 0.317 e. The first-order chi connectivity index (χ1) is 5.59. The number of likely N-dealkylation sites (tertiary alicyclic amines) is 1. The van der Waals surface area contributed by atoms with E-state index in [1.165, 1.54) is 0 Å². The van der Waals surface area contributed by atoms with Crippen LogP contribution in [-0.2, 0) is 9.59 Å². The third-order valence-electron chi connectivity index (χ3n) is 2.12. The number of aliphatic carboxylic acids is 1. The second kappa shape index (κ2) is 3.67. The molecule has 1 aliphatic rings. The molecule has 0 aromatic carbocycles. The van der Waals surface area contributed by atoms with Gasteiger partial charge in [-0.2, -0.15) is 0 Å². The molecule has 0 radical (unpaired) electrons. The molecule has 0 spiro atoms. The first-order valence-corrected chi connectivity index (χ1v) is 4.06. The van der Waals surface area contributed by atoms with Gasteiger partial charge >= 0.3 is 5.97 Å². The number of rotatable bonds is 2. The molecule has 1 aliphatic heterocycles. The Morgan fingerprint density at radius 2 is 2.42 bits per heavy atom. The molecule has 4 heteroatoms. The summed E-state index contributed by atoms with van der Waals surface area (Å²) in [6.07, 6.45) is 0.494. The van der Waals surface area contributed by atoms with Crippen LogP contribution in [0.4, 0.5) is 0 Å². The lowest BCUT2D eigenvalue weighted by Gasteiger charge is -2.28. The van der Waals surface area contributed by atoms with Crippen LogP contribution in [-0.4, -0.2) is 41.4 Å². The quantitative estimate of drug-likeness (QED) is 0.634. The largest absolute Gasteiger partial charge is 0.480 e. The number of carbonyl (C=O) groups is 2. The molecule has 0 aliphatic carbocycles. The Labute approximate surface area is 71.2 Å². The Morgan fingerprint density at radius 1 is 1.75 bits per heavy atom. The Kier molecular flexibility index (Phi) is 2.81. The fourth-order valence-corrected chi connectivity index (χ4v) is 1.43. The van der Waals surface area contributed by atoms with Gasteiger partial charge < -0.3 is 5.11 Å². The zero-order valence-corrected chi connectivity index (χ0v) is 7.12. The molecule has 0 amide bonds. The molecule has 68 valence electrons. The molecule has 4 nitrogen and oxygen atoms in total. The number of ketones is 1. The zero-order valence-electron chi connectivity index (χ0n) is 7.12. The first-order valence-electron chi connectivity index (χ1n) is 4.06. The smallest absolute Gasteiger partial charge is 0.317 e. The summed E-state index contributed by atoms with van der Waals surface area (Å²) in [6, 6.07) is 0. The van der Waals surface area contributed by atoms with Gasteiger partial charge in [-0.05, 0) is 0 Å². The van der Waals surface area contributed by atoms with Crippen molar-refractivity contribution < 1.29 is 14.7 Å². The summed E-state index contributed by atoms with van der Waals surface area (Å²) in [5.74, 6) is -0.578. The van der Waals surface area contributed by atoms with Crippen LogP contribution in [0.15, 0.2) is 0 Å². The highest BCUT2D eigenvalue weighted by atomic mass is 16.4. The van der Waals surface area contributed by atoms with Crippen LogP contribution in [0.2, 0.25) is 0 Å². The van der Waals surface area contributed by atoms with Crippen LogP contribution >= 0.6 is 0 Å². The van der Waals surface area contributed by atoms with E-state index in [1.54, 1.807) is 4.90 Å². The second-order valence-corrected chi connectivity index (χ2v) is 3.25. The molecule has 1 fully saturated rings. The minimum Gasteiger partial charge on any atom is -0.480 e. The summed E-state index contributed by atoms with van der Waals surface area (Å²) in [5, 5.41) is 8.49. The van der Waals surface area contributed by atoms with Gasteiger partial charge in [-0.1, -0.05) is 6.92 Å². The topological polar surface area (TPSA) is 57.6 Å². The molecule has 1 N–H and O–H groups in total. The van der Waals surface area contributed by atoms with Crippen LogP contribution in [0.1, 0.15) is 13.3 Å². The number of piperidine rings is 1. The number of nitrogens with zero attached hydrogens (tertiary/aromatic N) is 1. The summed E-state index contributed by atoms with van der Waals surface area (Å²) >= 11 is 0. The van der Waals surface area contributed by atoms with E-state index in [9.17, 15) is 9.59 Å². The number of carboxylic acid groups (broad SMARTS) is 1. The normalized spacial score (nSPS) is 25.8. The van der Waals surface area contributed by atoms with Crippen molar-refractivity contribution in [2.75, 3.05) is 19.6 Å². The van der Waals surface area contributed by atoms with Gasteiger partial charge in [-0.25, -0.2) is 0 Å². The van der Waals surface area contributed by atoms with Gasteiger partial charge in [-0.3, -0.25) is 14.5 Å². The van der Waals surface area contributed by atoms with Crippen LogP contribution < -0.4 is 0 Å². The number of hydrogen-bond donors (Lipinski definition) is 1. The average Bonchev–Trinajstić information content (AvgIpc) is 1.96. The summed E-state index contributed by atoms with van der Waals surface area (Å²) in [5.41, 5.74) is 0. The van der Waals surface area contributed by atoms with Crippen molar-refractivity contribution in [1.29, 1.82) is 0 Å². The predicted molar refractivity (Wildman–Crippen MR) is 42.9 cm³/mol. The van der Waals surface area contributed by atoms with E-state index in [0.717, 1.165) is 0 Å². The Balaban J connectivity index is 2.40. The molecule has 0 aromatic heterocycles. The summed E-state index contributed by atoms with van der Waals surface area (Å²) in [6.45, 7) is 3.08. The van der Waals surface area contributed by atoms with Crippen LogP contribution in [0.3, 0.4) is 0 Å². The molecule has 1 atom stereocenters. The molecular formula is C8H13NO3. The predicted octanol–water partition coefficient (Wildman–Crippen LogP) is -0.0181. The van der Waals surface area contributed by atoms with Crippen LogP contribution in [0.5, 0.6) is 0 Å². The van der Waals surface area contributed by atoms with Crippen molar-refractivity contribution in [2.24, 2.45) is 5.92 Å². The average molecular weight is 171 g/mol. The molecule has 0 bridgehead atoms. The van der Waals surface area contributed by atoms with E-state index >= 15 is 0 Å². The van der Waals surface area contributed by atoms with Gasteiger partial charge in [0.2, 0.25) is 0 Å². The Morgan fingerprint density at radius 3 is 2.92 bits per heavy atom. The monoisotopic (exact) mass is 171 g/mol. The van der Waals surface area contributed by atoms with Gasteiger partial charge in [-0.15, -0.1) is 0 Å². The minimum atomic E-state index is -0.823. The maximum absolute atomic E-state index is 11.1. The van der Waals surface area contributed by atoms with E-state index in [-0.39, 0.29) is 18.2 Å². The van der Waals surface area contributed by atoms with Gasteiger partial charge in [0, 0.05) is 25.4 Å². The summed E-state index contributed by atoms with van der Waals surface area (Å²) < 4.78 is 0. The molecule has 1 saturated heterocycles. The van der Waals surface area contributed by atoms with Crippen molar-refractivity contribution in [3.8, 4) is 0 Å². The lowest BCUT2D eigenvalue weighted by atomic mass is 9.99. The van der Waals surface area contributed by atoms with E-state index in [0.29, 0.717) is 19.5 Å². The maximum atomic E-state index is 11.1. The van der Waals surface area contributed by atoms with Crippen molar-refractivity contribution >= 4 is 11.8 Å². The van der Waals surface area contributed by atoms with Crippen molar-refractivity contribution in [2.45, 2.75) is 13.3 Å². The van der Waals surface area contributed by atoms with E-state index in [2.05, 4.69) is 0 Å². The van der Waals surface area contributed by atoms with Gasteiger partial charge in [0.25, 0.3) is 0 Å². The number of hydrogen-bond acceptors (Lipinski definition) is 3. The zero-order chi connectivity index (χ0) is 9.14. The third kappa shape index (κ3) is 2.30.